The third kappa shape index (κ3) is 4.11. The lowest BCUT2D eigenvalue weighted by Gasteiger charge is -2.25. The fraction of sp³-hybridized carbons (Fsp3) is 0.188. The average Bonchev–Trinajstić information content (AvgIpc) is 2.52. The molecule has 0 aliphatic carbocycles. The monoisotopic (exact) mass is 396 g/mol. The molecule has 2 aromatic rings. The number of carbonyl (C=O) groups is 1. The number of sulfonamides is 1. The largest absolute Gasteiger partial charge is 0.347 e. The van der Waals surface area contributed by atoms with Crippen LogP contribution in [0.3, 0.4) is 0 Å². The van der Waals surface area contributed by atoms with Gasteiger partial charge in [0.1, 0.15) is 6.54 Å². The predicted molar refractivity (Wildman–Crippen MR) is 93.8 cm³/mol. The molecule has 0 aromatic heterocycles. The van der Waals surface area contributed by atoms with Crippen molar-refractivity contribution in [2.75, 3.05) is 24.9 Å². The molecule has 0 saturated carbocycles. The van der Waals surface area contributed by atoms with E-state index in [9.17, 15) is 13.2 Å². The molecule has 0 radical (unpaired) electrons. The molecular formula is C16H17BrN2O3S. The van der Waals surface area contributed by atoms with Gasteiger partial charge in [-0.1, -0.05) is 40.2 Å². The highest BCUT2D eigenvalue weighted by Crippen LogP contribution is 2.26. The molecular weight excluding hydrogens is 380 g/mol. The van der Waals surface area contributed by atoms with Crippen LogP contribution in [-0.4, -0.2) is 39.9 Å². The van der Waals surface area contributed by atoms with Gasteiger partial charge in [0.2, 0.25) is 5.91 Å². The molecule has 2 aromatic carbocycles. The molecule has 2 rings (SSSR count). The highest BCUT2D eigenvalue weighted by atomic mass is 79.9. The van der Waals surface area contributed by atoms with Crippen molar-refractivity contribution in [2.45, 2.75) is 4.90 Å². The second-order valence-electron chi connectivity index (χ2n) is 5.09. The molecule has 0 spiro atoms. The summed E-state index contributed by atoms with van der Waals surface area (Å²) in [5.74, 6) is -0.301. The van der Waals surface area contributed by atoms with Gasteiger partial charge in [-0.05, 0) is 30.3 Å². The molecule has 23 heavy (non-hydrogen) atoms. The van der Waals surface area contributed by atoms with Crippen LogP contribution in [0.2, 0.25) is 0 Å². The summed E-state index contributed by atoms with van der Waals surface area (Å²) in [5.41, 5.74) is 0.429. The molecule has 7 heteroatoms. The molecule has 0 saturated heterocycles. The van der Waals surface area contributed by atoms with Crippen LogP contribution >= 0.6 is 15.9 Å². The predicted octanol–water partition coefficient (Wildman–Crippen LogP) is 2.73. The third-order valence-corrected chi connectivity index (χ3v) is 5.49. The number of amides is 1. The summed E-state index contributed by atoms with van der Waals surface area (Å²) in [6, 6.07) is 14.9. The molecule has 0 unspecified atom stereocenters. The minimum atomic E-state index is -3.83. The average molecular weight is 397 g/mol. The fourth-order valence-electron chi connectivity index (χ4n) is 1.93. The summed E-state index contributed by atoms with van der Waals surface area (Å²) in [5, 5.41) is 0. The van der Waals surface area contributed by atoms with Crippen molar-refractivity contribution in [3.63, 3.8) is 0 Å². The van der Waals surface area contributed by atoms with E-state index in [1.54, 1.807) is 56.6 Å². The van der Waals surface area contributed by atoms with Gasteiger partial charge in [0.15, 0.2) is 0 Å². The lowest BCUT2D eigenvalue weighted by atomic mass is 10.3. The zero-order valence-corrected chi connectivity index (χ0v) is 15.2. The van der Waals surface area contributed by atoms with E-state index in [1.807, 2.05) is 0 Å². The van der Waals surface area contributed by atoms with Crippen LogP contribution in [0.1, 0.15) is 0 Å². The van der Waals surface area contributed by atoms with Gasteiger partial charge in [0, 0.05) is 18.6 Å². The van der Waals surface area contributed by atoms with Crippen LogP contribution in [0.4, 0.5) is 5.69 Å². The molecule has 0 aliphatic heterocycles. The summed E-state index contributed by atoms with van der Waals surface area (Å²) in [7, 11) is -0.647. The van der Waals surface area contributed by atoms with Crippen molar-refractivity contribution < 1.29 is 13.2 Å². The van der Waals surface area contributed by atoms with Crippen LogP contribution in [0.5, 0.6) is 0 Å². The molecule has 0 bridgehead atoms. The van der Waals surface area contributed by atoms with E-state index >= 15 is 0 Å². The van der Waals surface area contributed by atoms with Crippen LogP contribution in [-0.2, 0) is 14.8 Å². The van der Waals surface area contributed by atoms with Gasteiger partial charge in [-0.25, -0.2) is 8.42 Å². The SMILES string of the molecule is CN(C)C(=O)CN(c1cccc(Br)c1)S(=O)(=O)c1ccccc1. The maximum absolute atomic E-state index is 12.9. The summed E-state index contributed by atoms with van der Waals surface area (Å²) >= 11 is 3.33. The molecule has 0 atom stereocenters. The number of hydrogen-bond donors (Lipinski definition) is 0. The van der Waals surface area contributed by atoms with Gasteiger partial charge in [0.05, 0.1) is 10.6 Å². The number of anilines is 1. The molecule has 0 heterocycles. The topological polar surface area (TPSA) is 57.7 Å². The van der Waals surface area contributed by atoms with Gasteiger partial charge in [-0.15, -0.1) is 0 Å². The number of carbonyl (C=O) groups excluding carboxylic acids is 1. The van der Waals surface area contributed by atoms with E-state index in [0.717, 1.165) is 8.78 Å². The highest BCUT2D eigenvalue weighted by Gasteiger charge is 2.27. The van der Waals surface area contributed by atoms with E-state index in [1.165, 1.54) is 17.0 Å². The summed E-state index contributed by atoms with van der Waals surface area (Å²) in [6.45, 7) is -0.263. The fourth-order valence-corrected chi connectivity index (χ4v) is 3.74. The van der Waals surface area contributed by atoms with E-state index in [-0.39, 0.29) is 17.3 Å². The Morgan fingerprint density at radius 2 is 1.70 bits per heavy atom. The molecule has 122 valence electrons. The van der Waals surface area contributed by atoms with Gasteiger partial charge in [0.25, 0.3) is 10.0 Å². The molecule has 0 fully saturated rings. The van der Waals surface area contributed by atoms with E-state index in [0.29, 0.717) is 5.69 Å². The Morgan fingerprint density at radius 3 is 2.26 bits per heavy atom. The number of hydrogen-bond acceptors (Lipinski definition) is 3. The van der Waals surface area contributed by atoms with E-state index < -0.39 is 10.0 Å². The number of benzene rings is 2. The number of halogens is 1. The van der Waals surface area contributed by atoms with E-state index in [2.05, 4.69) is 15.9 Å². The first kappa shape index (κ1) is 17.5. The van der Waals surface area contributed by atoms with Gasteiger partial charge in [-0.3, -0.25) is 9.10 Å². The van der Waals surface area contributed by atoms with Crippen LogP contribution < -0.4 is 4.31 Å². The van der Waals surface area contributed by atoms with Crippen molar-refractivity contribution in [3.8, 4) is 0 Å². The molecule has 5 nitrogen and oxygen atoms in total. The first-order valence-corrected chi connectivity index (χ1v) is 9.09. The Balaban J connectivity index is 2.51. The number of nitrogens with zero attached hydrogens (tertiary/aromatic N) is 2. The first-order chi connectivity index (χ1) is 10.8. The number of likely N-dealkylation sites (N-methyl/N-ethyl adjacent to an activating group) is 1. The van der Waals surface area contributed by atoms with Gasteiger partial charge < -0.3 is 4.90 Å². The van der Waals surface area contributed by atoms with Crippen LogP contribution in [0.15, 0.2) is 64.0 Å². The Labute approximate surface area is 144 Å². The van der Waals surface area contributed by atoms with Crippen molar-refractivity contribution >= 4 is 37.5 Å². The lowest BCUT2D eigenvalue weighted by Crippen LogP contribution is -2.40. The minimum Gasteiger partial charge on any atom is -0.347 e. The minimum absolute atomic E-state index is 0.145. The van der Waals surface area contributed by atoms with Crippen molar-refractivity contribution in [1.29, 1.82) is 0 Å². The highest BCUT2D eigenvalue weighted by molar-refractivity contribution is 9.10. The van der Waals surface area contributed by atoms with Gasteiger partial charge in [-0.2, -0.15) is 0 Å². The molecule has 0 aliphatic rings. The Hall–Kier alpha value is -1.86. The maximum atomic E-state index is 12.9. The van der Waals surface area contributed by atoms with Crippen LogP contribution in [0, 0.1) is 0 Å². The van der Waals surface area contributed by atoms with Crippen molar-refractivity contribution in [3.05, 3.63) is 59.1 Å². The Morgan fingerprint density at radius 1 is 1.04 bits per heavy atom. The second kappa shape index (κ2) is 7.14. The second-order valence-corrected chi connectivity index (χ2v) is 7.87. The molecule has 0 N–H and O–H groups in total. The lowest BCUT2D eigenvalue weighted by molar-refractivity contribution is -0.127. The van der Waals surface area contributed by atoms with Crippen molar-refractivity contribution in [2.24, 2.45) is 0 Å². The zero-order chi connectivity index (χ0) is 17.0. The summed E-state index contributed by atoms with van der Waals surface area (Å²) in [4.78, 5) is 13.6. The Bertz CT molecular complexity index is 792. The number of rotatable bonds is 5. The third-order valence-electron chi connectivity index (χ3n) is 3.21. The summed E-state index contributed by atoms with van der Waals surface area (Å²) in [6.07, 6.45) is 0. The first-order valence-electron chi connectivity index (χ1n) is 6.86. The summed E-state index contributed by atoms with van der Waals surface area (Å²) < 4.78 is 27.7. The Kier molecular flexibility index (Phi) is 5.43. The van der Waals surface area contributed by atoms with Crippen molar-refractivity contribution in [1.82, 2.24) is 4.90 Å². The quantitative estimate of drug-likeness (QED) is 0.780. The maximum Gasteiger partial charge on any atom is 0.264 e. The standard InChI is InChI=1S/C16H17BrN2O3S/c1-18(2)16(20)12-19(14-8-6-7-13(17)11-14)23(21,22)15-9-4-3-5-10-15/h3-11H,12H2,1-2H3. The van der Waals surface area contributed by atoms with Gasteiger partial charge >= 0.3 is 0 Å². The zero-order valence-electron chi connectivity index (χ0n) is 12.8. The smallest absolute Gasteiger partial charge is 0.264 e. The van der Waals surface area contributed by atoms with E-state index in [4.69, 9.17) is 0 Å². The normalized spacial score (nSPS) is 11.1. The molecule has 1 amide bonds. The van der Waals surface area contributed by atoms with Crippen LogP contribution in [0.25, 0.3) is 0 Å².